The van der Waals surface area contributed by atoms with Gasteiger partial charge in [0.05, 0.1) is 6.54 Å². The highest BCUT2D eigenvalue weighted by atomic mass is 16.2. The number of benzene rings is 1. The van der Waals surface area contributed by atoms with Gasteiger partial charge in [0.1, 0.15) is 11.5 Å². The van der Waals surface area contributed by atoms with E-state index >= 15 is 0 Å². The molecule has 2 aromatic rings. The number of amidine groups is 1. The van der Waals surface area contributed by atoms with Gasteiger partial charge >= 0.3 is 6.03 Å². The average molecular weight is 465 g/mol. The molecule has 1 aromatic carbocycles. The summed E-state index contributed by atoms with van der Waals surface area (Å²) in [6.45, 7) is 10.6. The van der Waals surface area contributed by atoms with Gasteiger partial charge in [-0.15, -0.1) is 0 Å². The van der Waals surface area contributed by atoms with Crippen molar-refractivity contribution in [1.82, 2.24) is 10.3 Å². The van der Waals surface area contributed by atoms with Crippen molar-refractivity contribution in [3.63, 3.8) is 0 Å². The lowest BCUT2D eigenvalue weighted by molar-refractivity contribution is -0.117. The molecule has 0 unspecified atom stereocenters. The number of rotatable bonds is 6. The van der Waals surface area contributed by atoms with Gasteiger partial charge in [-0.1, -0.05) is 20.8 Å². The van der Waals surface area contributed by atoms with E-state index in [0.717, 1.165) is 22.4 Å². The number of aryl methyl sites for hydroxylation is 1. The second kappa shape index (κ2) is 9.94. The molecule has 1 aromatic heterocycles. The number of H-pyrrole nitrogens is 1. The summed E-state index contributed by atoms with van der Waals surface area (Å²) in [6, 6.07) is 6.43. The predicted octanol–water partition coefficient (Wildman–Crippen LogP) is 3.81. The van der Waals surface area contributed by atoms with Crippen LogP contribution in [0.3, 0.4) is 0 Å². The van der Waals surface area contributed by atoms with Gasteiger partial charge in [-0.05, 0) is 72.7 Å². The van der Waals surface area contributed by atoms with E-state index in [4.69, 9.17) is 5.73 Å². The van der Waals surface area contributed by atoms with Gasteiger partial charge in [0, 0.05) is 23.5 Å². The number of nitrogens with two attached hydrogens (primary N) is 1. The fourth-order valence-electron chi connectivity index (χ4n) is 3.70. The number of aromatic nitrogens is 1. The first-order valence-electron chi connectivity index (χ1n) is 11.2. The average Bonchev–Trinajstić information content (AvgIpc) is 3.32. The number of anilines is 2. The normalized spacial score (nSPS) is 13.2. The topological polar surface area (TPSA) is 141 Å². The molecule has 34 heavy (non-hydrogen) atoms. The second-order valence-corrected chi connectivity index (χ2v) is 9.43. The first kappa shape index (κ1) is 24.8. The van der Waals surface area contributed by atoms with Gasteiger partial charge in [-0.25, -0.2) is 4.79 Å². The van der Waals surface area contributed by atoms with Crippen LogP contribution >= 0.6 is 0 Å². The molecular formula is C25H32N6O3. The van der Waals surface area contributed by atoms with E-state index in [1.807, 2.05) is 19.9 Å². The van der Waals surface area contributed by atoms with Gasteiger partial charge < -0.3 is 21.4 Å². The Morgan fingerprint density at radius 2 is 1.65 bits per heavy atom. The molecule has 0 spiro atoms. The van der Waals surface area contributed by atoms with Gasteiger partial charge in [0.25, 0.3) is 5.91 Å². The Morgan fingerprint density at radius 1 is 1.03 bits per heavy atom. The summed E-state index contributed by atoms with van der Waals surface area (Å²) in [5.41, 5.74) is 10.6. The highest BCUT2D eigenvalue weighted by molar-refractivity contribution is 6.09. The quantitative estimate of drug-likeness (QED) is 0.444. The lowest BCUT2D eigenvalue weighted by Crippen LogP contribution is -2.32. The van der Waals surface area contributed by atoms with Crippen LogP contribution in [0.1, 0.15) is 54.5 Å². The summed E-state index contributed by atoms with van der Waals surface area (Å²) in [4.78, 5) is 43.6. The Hall–Kier alpha value is -3.88. The van der Waals surface area contributed by atoms with E-state index in [0.29, 0.717) is 35.9 Å². The molecule has 6 N–H and O–H groups in total. The highest BCUT2D eigenvalue weighted by Gasteiger charge is 2.22. The van der Waals surface area contributed by atoms with E-state index in [1.54, 1.807) is 24.3 Å². The standard InChI is InChI=1S/C25H32N6O3/c1-14-19(10-11-20(26)32)15(2)28-22(14)23(33)29-17-6-8-18(9-7-17)30-24(34)31-21-12-16(13-27-21)25(3,4)5/h6-9,12,28H,10-11,13H2,1-5H3,(H2,26,32)(H,29,33)(H2,27,30,31,34). The number of aliphatic imine (C=N–C) groups is 1. The maximum absolute atomic E-state index is 12.8. The number of carbonyl (C=O) groups excluding carboxylic acids is 3. The maximum atomic E-state index is 12.8. The van der Waals surface area contributed by atoms with Gasteiger partial charge in [0.15, 0.2) is 0 Å². The van der Waals surface area contributed by atoms with Crippen molar-refractivity contribution in [2.24, 2.45) is 16.1 Å². The summed E-state index contributed by atoms with van der Waals surface area (Å²) in [6.07, 6.45) is 2.62. The number of hydrogen-bond donors (Lipinski definition) is 5. The van der Waals surface area contributed by atoms with Gasteiger partial charge in [-0.3, -0.25) is 19.9 Å². The van der Waals surface area contributed by atoms with Crippen molar-refractivity contribution in [3.8, 4) is 0 Å². The van der Waals surface area contributed by atoms with Crippen LogP contribution in [-0.2, 0) is 11.2 Å². The van der Waals surface area contributed by atoms with Gasteiger partial charge in [-0.2, -0.15) is 0 Å². The third-order valence-corrected chi connectivity index (χ3v) is 5.78. The lowest BCUT2D eigenvalue weighted by Gasteiger charge is -2.18. The molecule has 9 heteroatoms. The third kappa shape index (κ3) is 6.12. The van der Waals surface area contributed by atoms with Crippen molar-refractivity contribution in [2.45, 2.75) is 47.5 Å². The molecule has 4 amide bonds. The molecule has 0 bridgehead atoms. The maximum Gasteiger partial charge on any atom is 0.324 e. The minimum absolute atomic E-state index is 0.00606. The molecule has 180 valence electrons. The molecular weight excluding hydrogens is 432 g/mol. The smallest absolute Gasteiger partial charge is 0.324 e. The number of carbonyl (C=O) groups is 3. The largest absolute Gasteiger partial charge is 0.370 e. The van der Waals surface area contributed by atoms with Crippen LogP contribution in [0.25, 0.3) is 0 Å². The van der Waals surface area contributed by atoms with E-state index < -0.39 is 0 Å². The number of nitrogens with zero attached hydrogens (tertiary/aromatic N) is 1. The van der Waals surface area contributed by atoms with Crippen molar-refractivity contribution in [3.05, 3.63) is 58.4 Å². The number of hydrogen-bond acceptors (Lipinski definition) is 4. The predicted molar refractivity (Wildman–Crippen MR) is 134 cm³/mol. The van der Waals surface area contributed by atoms with Crippen LogP contribution < -0.4 is 21.7 Å². The lowest BCUT2D eigenvalue weighted by atomic mass is 9.87. The first-order chi connectivity index (χ1) is 15.9. The number of urea groups is 1. The molecule has 0 atom stereocenters. The number of aromatic amines is 1. The van der Waals surface area contributed by atoms with Crippen LogP contribution in [0.15, 0.2) is 40.9 Å². The van der Waals surface area contributed by atoms with E-state index in [9.17, 15) is 14.4 Å². The Kier molecular flexibility index (Phi) is 7.24. The summed E-state index contributed by atoms with van der Waals surface area (Å²) < 4.78 is 0. The van der Waals surface area contributed by atoms with Crippen molar-refractivity contribution in [2.75, 3.05) is 17.2 Å². The highest BCUT2D eigenvalue weighted by Crippen LogP contribution is 2.27. The summed E-state index contributed by atoms with van der Waals surface area (Å²) in [5, 5.41) is 8.36. The SMILES string of the molecule is Cc1[nH]c(C(=O)Nc2ccc(NC(=O)NC3=NCC(C(C)(C)C)=C3)cc2)c(C)c1CCC(N)=O. The number of primary amides is 1. The first-order valence-corrected chi connectivity index (χ1v) is 11.2. The van der Waals surface area contributed by atoms with E-state index in [-0.39, 0.29) is 29.7 Å². The summed E-state index contributed by atoms with van der Waals surface area (Å²) in [7, 11) is 0. The van der Waals surface area contributed by atoms with Crippen LogP contribution in [0.5, 0.6) is 0 Å². The Bertz CT molecular complexity index is 1170. The van der Waals surface area contributed by atoms with Crippen molar-refractivity contribution < 1.29 is 14.4 Å². The van der Waals surface area contributed by atoms with Crippen LogP contribution in [-0.4, -0.2) is 35.2 Å². The van der Waals surface area contributed by atoms with Crippen LogP contribution in [0.4, 0.5) is 16.2 Å². The van der Waals surface area contributed by atoms with Gasteiger partial charge in [0.2, 0.25) is 5.91 Å². The Labute approximate surface area is 199 Å². The van der Waals surface area contributed by atoms with Crippen molar-refractivity contribution >= 4 is 35.1 Å². The molecule has 0 saturated carbocycles. The summed E-state index contributed by atoms with van der Waals surface area (Å²) in [5.74, 6) is -0.126. The fourth-order valence-corrected chi connectivity index (χ4v) is 3.70. The molecule has 3 rings (SSSR count). The molecule has 2 heterocycles. The zero-order chi connectivity index (χ0) is 25.0. The Morgan fingerprint density at radius 3 is 2.21 bits per heavy atom. The molecule has 0 aliphatic carbocycles. The van der Waals surface area contributed by atoms with Crippen LogP contribution in [0, 0.1) is 19.3 Å². The molecule has 9 nitrogen and oxygen atoms in total. The number of amides is 4. The summed E-state index contributed by atoms with van der Waals surface area (Å²) >= 11 is 0. The molecule has 1 aliphatic rings. The Balaban J connectivity index is 1.57. The molecule has 1 aliphatic heterocycles. The van der Waals surface area contributed by atoms with Crippen molar-refractivity contribution in [1.29, 1.82) is 0 Å². The second-order valence-electron chi connectivity index (χ2n) is 9.43. The fraction of sp³-hybridized carbons (Fsp3) is 0.360. The minimum atomic E-state index is -0.386. The molecule has 0 radical (unpaired) electrons. The zero-order valence-electron chi connectivity index (χ0n) is 20.3. The van der Waals surface area contributed by atoms with Crippen LogP contribution in [0.2, 0.25) is 0 Å². The molecule has 0 fully saturated rings. The minimum Gasteiger partial charge on any atom is -0.370 e. The van der Waals surface area contributed by atoms with E-state index in [1.165, 1.54) is 0 Å². The third-order valence-electron chi connectivity index (χ3n) is 5.78. The molecule has 0 saturated heterocycles. The number of nitrogens with one attached hydrogen (secondary N) is 4. The van der Waals surface area contributed by atoms with E-state index in [2.05, 4.69) is 46.7 Å². The zero-order valence-corrected chi connectivity index (χ0v) is 20.3. The monoisotopic (exact) mass is 464 g/mol.